The molecular weight excluding hydrogens is 370 g/mol. The minimum atomic E-state index is 0.0984. The van der Waals surface area contributed by atoms with E-state index in [2.05, 4.69) is 63.2 Å². The third kappa shape index (κ3) is 2.84. The second-order valence-corrected chi connectivity index (χ2v) is 9.23. The van der Waals surface area contributed by atoms with Crippen LogP contribution >= 0.6 is 0 Å². The lowest BCUT2D eigenvalue weighted by molar-refractivity contribution is 0.207. The zero-order valence-corrected chi connectivity index (χ0v) is 18.0. The molecule has 0 aliphatic heterocycles. The lowest BCUT2D eigenvalue weighted by atomic mass is 9.57. The van der Waals surface area contributed by atoms with E-state index in [9.17, 15) is 5.21 Å². The fraction of sp³-hybridized carbons (Fsp3) is 0.296. The van der Waals surface area contributed by atoms with Crippen LogP contribution in [0.4, 0.5) is 0 Å². The zero-order chi connectivity index (χ0) is 21.0. The van der Waals surface area contributed by atoms with E-state index >= 15 is 0 Å². The molecule has 0 amide bonds. The maximum Gasteiger partial charge on any atom is 0.153 e. The largest absolute Gasteiger partial charge is 0.455 e. The molecule has 1 saturated carbocycles. The summed E-state index contributed by atoms with van der Waals surface area (Å²) in [4.78, 5) is 0. The summed E-state index contributed by atoms with van der Waals surface area (Å²) in [6.45, 7) is 8.89. The van der Waals surface area contributed by atoms with Crippen molar-refractivity contribution < 1.29 is 9.62 Å². The summed E-state index contributed by atoms with van der Waals surface area (Å²) in [6, 6.07) is 18.9. The van der Waals surface area contributed by atoms with Gasteiger partial charge in [0.1, 0.15) is 11.3 Å². The topological polar surface area (TPSA) is 45.7 Å². The van der Waals surface area contributed by atoms with Gasteiger partial charge in [-0.05, 0) is 78.6 Å². The third-order valence-corrected chi connectivity index (χ3v) is 6.85. The Labute approximate surface area is 177 Å². The molecule has 1 fully saturated rings. The lowest BCUT2D eigenvalue weighted by Gasteiger charge is -2.47. The normalized spacial score (nSPS) is 21.9. The van der Waals surface area contributed by atoms with Gasteiger partial charge in [0.15, 0.2) is 5.76 Å². The molecule has 3 heteroatoms. The molecule has 152 valence electrons. The van der Waals surface area contributed by atoms with E-state index in [1.165, 1.54) is 27.6 Å². The standard InChI is InChI=1S/C27H27NO2/c1-16-11-17(2)25(18(3)12-16)27(4)14-20(15-27)26(28-29)24-13-22-21-8-6-5-7-19(21)9-10-23(22)30-24/h5-13,20,29H,14-15H2,1-4H3/b28-26+. The number of hydrogen-bond acceptors (Lipinski definition) is 3. The van der Waals surface area contributed by atoms with Crippen molar-refractivity contribution in [3.8, 4) is 0 Å². The molecular formula is C27H27NO2. The fourth-order valence-corrected chi connectivity index (χ4v) is 5.81. The van der Waals surface area contributed by atoms with Crippen LogP contribution in [-0.2, 0) is 5.41 Å². The van der Waals surface area contributed by atoms with Crippen LogP contribution in [0.2, 0.25) is 0 Å². The Morgan fingerprint density at radius 1 is 0.967 bits per heavy atom. The number of furan rings is 1. The second kappa shape index (κ2) is 6.73. The van der Waals surface area contributed by atoms with Crippen LogP contribution in [0, 0.1) is 26.7 Å². The van der Waals surface area contributed by atoms with Crippen LogP contribution in [-0.4, -0.2) is 10.9 Å². The number of nitrogens with zero attached hydrogens (tertiary/aromatic N) is 1. The van der Waals surface area contributed by atoms with E-state index in [1.54, 1.807) is 0 Å². The average molecular weight is 398 g/mol. The van der Waals surface area contributed by atoms with Gasteiger partial charge in [0.2, 0.25) is 0 Å². The van der Waals surface area contributed by atoms with Crippen molar-refractivity contribution in [2.24, 2.45) is 11.1 Å². The highest BCUT2D eigenvalue weighted by Gasteiger charge is 2.46. The van der Waals surface area contributed by atoms with Crippen LogP contribution in [0.15, 0.2) is 64.2 Å². The fourth-order valence-electron chi connectivity index (χ4n) is 5.81. The maximum absolute atomic E-state index is 9.87. The van der Waals surface area contributed by atoms with Gasteiger partial charge in [0.25, 0.3) is 0 Å². The molecule has 0 atom stereocenters. The van der Waals surface area contributed by atoms with E-state index in [1.807, 2.05) is 24.3 Å². The van der Waals surface area contributed by atoms with Gasteiger partial charge < -0.3 is 9.62 Å². The number of benzene rings is 3. The first-order valence-corrected chi connectivity index (χ1v) is 10.6. The average Bonchev–Trinajstić information content (AvgIpc) is 3.11. The summed E-state index contributed by atoms with van der Waals surface area (Å²) in [6.07, 6.45) is 1.91. The van der Waals surface area contributed by atoms with E-state index in [4.69, 9.17) is 4.42 Å². The molecule has 1 heterocycles. The maximum atomic E-state index is 9.87. The minimum Gasteiger partial charge on any atom is -0.455 e. The van der Waals surface area contributed by atoms with Crippen LogP contribution in [0.3, 0.4) is 0 Å². The number of fused-ring (bicyclic) bond motifs is 3. The molecule has 1 aliphatic rings. The first-order valence-electron chi connectivity index (χ1n) is 10.6. The molecule has 0 bridgehead atoms. The monoisotopic (exact) mass is 397 g/mol. The summed E-state index contributed by atoms with van der Waals surface area (Å²) in [5.74, 6) is 0.861. The summed E-state index contributed by atoms with van der Waals surface area (Å²) in [5, 5.41) is 17.0. The summed E-state index contributed by atoms with van der Waals surface area (Å²) in [5.41, 5.74) is 7.04. The Balaban J connectivity index is 1.48. The van der Waals surface area contributed by atoms with Crippen molar-refractivity contribution in [2.75, 3.05) is 0 Å². The highest BCUT2D eigenvalue weighted by atomic mass is 16.4. The van der Waals surface area contributed by atoms with Crippen molar-refractivity contribution in [3.05, 3.63) is 82.6 Å². The summed E-state index contributed by atoms with van der Waals surface area (Å²) < 4.78 is 6.13. The molecule has 0 unspecified atom stereocenters. The molecule has 0 spiro atoms. The quantitative estimate of drug-likeness (QED) is 0.228. The molecule has 4 aromatic rings. The summed E-state index contributed by atoms with van der Waals surface area (Å²) >= 11 is 0. The third-order valence-electron chi connectivity index (χ3n) is 6.85. The molecule has 3 nitrogen and oxygen atoms in total. The molecule has 0 saturated heterocycles. The van der Waals surface area contributed by atoms with Crippen molar-refractivity contribution in [2.45, 2.75) is 46.0 Å². The molecule has 1 aromatic heterocycles. The number of oxime groups is 1. The van der Waals surface area contributed by atoms with Gasteiger partial charge in [-0.25, -0.2) is 0 Å². The smallest absolute Gasteiger partial charge is 0.153 e. The van der Waals surface area contributed by atoms with Crippen molar-refractivity contribution in [3.63, 3.8) is 0 Å². The Bertz CT molecular complexity index is 1280. The lowest BCUT2D eigenvalue weighted by Crippen LogP contribution is -2.43. The molecule has 3 aromatic carbocycles. The predicted molar refractivity (Wildman–Crippen MR) is 123 cm³/mol. The molecule has 1 aliphatic carbocycles. The number of aryl methyl sites for hydroxylation is 3. The van der Waals surface area contributed by atoms with Crippen molar-refractivity contribution in [1.82, 2.24) is 0 Å². The Morgan fingerprint density at radius 3 is 2.37 bits per heavy atom. The van der Waals surface area contributed by atoms with E-state index in [0.717, 1.165) is 29.2 Å². The SMILES string of the molecule is Cc1cc(C)c(C2(C)CC(/C(=N\O)c3cc4c(ccc5ccccc54)o3)C2)c(C)c1. The van der Waals surface area contributed by atoms with Gasteiger partial charge in [0, 0.05) is 11.3 Å². The Morgan fingerprint density at radius 2 is 1.67 bits per heavy atom. The minimum absolute atomic E-state index is 0.0984. The highest BCUT2D eigenvalue weighted by Crippen LogP contribution is 2.51. The molecule has 0 radical (unpaired) electrons. The van der Waals surface area contributed by atoms with E-state index < -0.39 is 0 Å². The predicted octanol–water partition coefficient (Wildman–Crippen LogP) is 7.06. The van der Waals surface area contributed by atoms with Gasteiger partial charge in [-0.2, -0.15) is 0 Å². The van der Waals surface area contributed by atoms with Gasteiger partial charge in [-0.15, -0.1) is 0 Å². The molecule has 1 N–H and O–H groups in total. The first-order chi connectivity index (χ1) is 14.4. The van der Waals surface area contributed by atoms with Crippen LogP contribution in [0.1, 0.15) is 47.8 Å². The van der Waals surface area contributed by atoms with Gasteiger partial charge in [-0.1, -0.05) is 60.1 Å². The van der Waals surface area contributed by atoms with Crippen LogP contribution in [0.5, 0.6) is 0 Å². The van der Waals surface area contributed by atoms with E-state index in [0.29, 0.717) is 11.5 Å². The van der Waals surface area contributed by atoms with Gasteiger partial charge in [0.05, 0.1) is 0 Å². The van der Waals surface area contributed by atoms with Crippen LogP contribution < -0.4 is 0 Å². The molecule has 30 heavy (non-hydrogen) atoms. The number of hydrogen-bond donors (Lipinski definition) is 1. The zero-order valence-electron chi connectivity index (χ0n) is 18.0. The highest BCUT2D eigenvalue weighted by molar-refractivity contribution is 6.10. The van der Waals surface area contributed by atoms with E-state index in [-0.39, 0.29) is 11.3 Å². The Hall–Kier alpha value is -3.07. The number of rotatable bonds is 3. The Kier molecular flexibility index (Phi) is 4.25. The van der Waals surface area contributed by atoms with Crippen molar-refractivity contribution in [1.29, 1.82) is 0 Å². The van der Waals surface area contributed by atoms with Crippen LogP contribution in [0.25, 0.3) is 21.7 Å². The van der Waals surface area contributed by atoms with Crippen molar-refractivity contribution >= 4 is 27.5 Å². The van der Waals surface area contributed by atoms with Gasteiger partial charge >= 0.3 is 0 Å². The first kappa shape index (κ1) is 18.9. The van der Waals surface area contributed by atoms with Gasteiger partial charge in [-0.3, -0.25) is 0 Å². The molecule has 5 rings (SSSR count). The summed E-state index contributed by atoms with van der Waals surface area (Å²) in [7, 11) is 0. The second-order valence-electron chi connectivity index (χ2n) is 9.23.